The van der Waals surface area contributed by atoms with E-state index in [4.69, 9.17) is 4.74 Å². The molecule has 0 spiro atoms. The van der Waals surface area contributed by atoms with Crippen LogP contribution in [0.2, 0.25) is 0 Å². The van der Waals surface area contributed by atoms with Crippen molar-refractivity contribution in [1.82, 2.24) is 5.32 Å². The van der Waals surface area contributed by atoms with Crippen molar-refractivity contribution in [3.63, 3.8) is 0 Å². The molecule has 0 aliphatic rings. The number of esters is 1. The van der Waals surface area contributed by atoms with Crippen molar-refractivity contribution < 1.29 is 9.53 Å². The maximum atomic E-state index is 11.6. The van der Waals surface area contributed by atoms with E-state index < -0.39 is 0 Å². The first kappa shape index (κ1) is 16.7. The standard InChI is InChI=1S/C17H27NO2/c1-6-18-17(4,12-16(19)20-5)15-9-7-14(8-10-15)11-13(2)3/h7-10,13,18H,6,11-12H2,1-5H3. The summed E-state index contributed by atoms with van der Waals surface area (Å²) in [6.45, 7) is 9.33. The van der Waals surface area contributed by atoms with E-state index in [1.54, 1.807) is 0 Å². The molecule has 1 rings (SSSR count). The zero-order valence-electron chi connectivity index (χ0n) is 13.3. The number of ether oxygens (including phenoxy) is 1. The van der Waals surface area contributed by atoms with Crippen LogP contribution in [0.25, 0.3) is 0 Å². The fraction of sp³-hybridized carbons (Fsp3) is 0.588. The highest BCUT2D eigenvalue weighted by Crippen LogP contribution is 2.26. The van der Waals surface area contributed by atoms with Crippen LogP contribution in [0.3, 0.4) is 0 Å². The molecule has 1 aromatic carbocycles. The topological polar surface area (TPSA) is 38.3 Å². The van der Waals surface area contributed by atoms with Crippen LogP contribution in [0.15, 0.2) is 24.3 Å². The number of nitrogens with one attached hydrogen (secondary N) is 1. The molecule has 0 saturated heterocycles. The van der Waals surface area contributed by atoms with Crippen LogP contribution in [0, 0.1) is 5.92 Å². The predicted molar refractivity (Wildman–Crippen MR) is 82.6 cm³/mol. The van der Waals surface area contributed by atoms with Gasteiger partial charge < -0.3 is 10.1 Å². The van der Waals surface area contributed by atoms with Gasteiger partial charge in [-0.2, -0.15) is 0 Å². The summed E-state index contributed by atoms with van der Waals surface area (Å²) in [6.07, 6.45) is 1.41. The lowest BCUT2D eigenvalue weighted by molar-refractivity contribution is -0.142. The van der Waals surface area contributed by atoms with Crippen molar-refractivity contribution in [2.24, 2.45) is 5.92 Å². The number of carbonyl (C=O) groups excluding carboxylic acids is 1. The van der Waals surface area contributed by atoms with Crippen molar-refractivity contribution in [3.8, 4) is 0 Å². The molecule has 0 aliphatic heterocycles. The fourth-order valence-electron chi connectivity index (χ4n) is 2.50. The molecule has 1 atom stereocenters. The highest BCUT2D eigenvalue weighted by molar-refractivity contribution is 5.71. The molecule has 0 bridgehead atoms. The van der Waals surface area contributed by atoms with Gasteiger partial charge in [0, 0.05) is 0 Å². The van der Waals surface area contributed by atoms with Crippen molar-refractivity contribution in [1.29, 1.82) is 0 Å². The smallest absolute Gasteiger partial charge is 0.307 e. The zero-order valence-corrected chi connectivity index (χ0v) is 13.3. The minimum Gasteiger partial charge on any atom is -0.469 e. The van der Waals surface area contributed by atoms with Gasteiger partial charge in [-0.3, -0.25) is 4.79 Å². The lowest BCUT2D eigenvalue weighted by Crippen LogP contribution is -2.41. The van der Waals surface area contributed by atoms with E-state index in [0.29, 0.717) is 12.3 Å². The number of methoxy groups -OCH3 is 1. The van der Waals surface area contributed by atoms with Gasteiger partial charge >= 0.3 is 5.97 Å². The van der Waals surface area contributed by atoms with E-state index in [0.717, 1.165) is 18.5 Å². The number of carbonyl (C=O) groups is 1. The van der Waals surface area contributed by atoms with E-state index >= 15 is 0 Å². The molecular weight excluding hydrogens is 250 g/mol. The molecule has 0 fully saturated rings. The van der Waals surface area contributed by atoms with Gasteiger partial charge in [0.05, 0.1) is 19.1 Å². The molecule has 0 aliphatic carbocycles. The molecule has 112 valence electrons. The average molecular weight is 277 g/mol. The lowest BCUT2D eigenvalue weighted by atomic mass is 9.87. The summed E-state index contributed by atoms with van der Waals surface area (Å²) in [5.41, 5.74) is 2.08. The van der Waals surface area contributed by atoms with Gasteiger partial charge in [0.1, 0.15) is 0 Å². The van der Waals surface area contributed by atoms with Crippen LogP contribution in [0.5, 0.6) is 0 Å². The SMILES string of the molecule is CCNC(C)(CC(=O)OC)c1ccc(CC(C)C)cc1. The maximum Gasteiger partial charge on any atom is 0.307 e. The van der Waals surface area contributed by atoms with Gasteiger partial charge in [-0.1, -0.05) is 45.0 Å². The first-order chi connectivity index (χ1) is 9.41. The lowest BCUT2D eigenvalue weighted by Gasteiger charge is -2.30. The molecule has 0 saturated carbocycles. The van der Waals surface area contributed by atoms with Crippen molar-refractivity contribution >= 4 is 5.97 Å². The molecule has 1 unspecified atom stereocenters. The Hall–Kier alpha value is -1.35. The van der Waals surface area contributed by atoms with Gasteiger partial charge in [0.15, 0.2) is 0 Å². The summed E-state index contributed by atoms with van der Waals surface area (Å²) in [7, 11) is 1.43. The van der Waals surface area contributed by atoms with Crippen LogP contribution < -0.4 is 5.32 Å². The monoisotopic (exact) mass is 277 g/mol. The Labute approximate surface area is 122 Å². The van der Waals surface area contributed by atoms with Crippen molar-refractivity contribution in [2.75, 3.05) is 13.7 Å². The second kappa shape index (κ2) is 7.44. The highest BCUT2D eigenvalue weighted by Gasteiger charge is 2.29. The Morgan fingerprint density at radius 3 is 2.35 bits per heavy atom. The van der Waals surface area contributed by atoms with Gasteiger partial charge in [0.2, 0.25) is 0 Å². The molecule has 3 nitrogen and oxygen atoms in total. The van der Waals surface area contributed by atoms with Crippen LogP contribution in [0.4, 0.5) is 0 Å². The third-order valence-corrected chi connectivity index (χ3v) is 3.53. The molecule has 3 heteroatoms. The molecule has 0 radical (unpaired) electrons. The average Bonchev–Trinajstić information content (AvgIpc) is 2.38. The first-order valence-electron chi connectivity index (χ1n) is 7.32. The van der Waals surface area contributed by atoms with Gasteiger partial charge in [-0.25, -0.2) is 0 Å². The number of hydrogen-bond acceptors (Lipinski definition) is 3. The normalized spacial score (nSPS) is 14.1. The number of rotatable bonds is 7. The summed E-state index contributed by atoms with van der Waals surface area (Å²) in [6, 6.07) is 8.54. The van der Waals surface area contributed by atoms with E-state index in [1.165, 1.54) is 12.7 Å². The summed E-state index contributed by atoms with van der Waals surface area (Å²) < 4.78 is 4.81. The third kappa shape index (κ3) is 4.64. The summed E-state index contributed by atoms with van der Waals surface area (Å²) in [4.78, 5) is 11.6. The van der Waals surface area contributed by atoms with Crippen LogP contribution in [0.1, 0.15) is 45.2 Å². The van der Waals surface area contributed by atoms with Crippen molar-refractivity contribution in [3.05, 3.63) is 35.4 Å². The van der Waals surface area contributed by atoms with Crippen LogP contribution >= 0.6 is 0 Å². The third-order valence-electron chi connectivity index (χ3n) is 3.53. The summed E-state index contributed by atoms with van der Waals surface area (Å²) in [5, 5.41) is 3.40. The molecule has 0 aromatic heterocycles. The Morgan fingerprint density at radius 1 is 1.30 bits per heavy atom. The Bertz CT molecular complexity index is 425. The second-order valence-electron chi connectivity index (χ2n) is 5.91. The Morgan fingerprint density at radius 2 is 1.90 bits per heavy atom. The molecule has 0 amide bonds. The molecule has 0 heterocycles. The molecule has 1 N–H and O–H groups in total. The quantitative estimate of drug-likeness (QED) is 0.777. The first-order valence-corrected chi connectivity index (χ1v) is 7.32. The minimum absolute atomic E-state index is 0.195. The van der Waals surface area contributed by atoms with E-state index in [2.05, 4.69) is 43.4 Å². The van der Waals surface area contributed by atoms with Gasteiger partial charge in [0.25, 0.3) is 0 Å². The van der Waals surface area contributed by atoms with Crippen LogP contribution in [-0.4, -0.2) is 19.6 Å². The van der Waals surface area contributed by atoms with E-state index in [-0.39, 0.29) is 11.5 Å². The molecular formula is C17H27NO2. The maximum absolute atomic E-state index is 11.6. The molecule has 1 aromatic rings. The Balaban J connectivity index is 2.93. The fourth-order valence-corrected chi connectivity index (χ4v) is 2.50. The highest BCUT2D eigenvalue weighted by atomic mass is 16.5. The van der Waals surface area contributed by atoms with Gasteiger partial charge in [-0.05, 0) is 36.9 Å². The predicted octanol–water partition coefficient (Wildman–Crippen LogP) is 3.27. The summed E-state index contributed by atoms with van der Waals surface area (Å²) in [5.74, 6) is 0.454. The van der Waals surface area contributed by atoms with E-state index in [9.17, 15) is 4.79 Å². The number of benzene rings is 1. The Kier molecular flexibility index (Phi) is 6.21. The summed E-state index contributed by atoms with van der Waals surface area (Å²) >= 11 is 0. The van der Waals surface area contributed by atoms with E-state index in [1.807, 2.05) is 13.8 Å². The minimum atomic E-state index is -0.377. The largest absolute Gasteiger partial charge is 0.469 e. The zero-order chi connectivity index (χ0) is 15.2. The number of hydrogen-bond donors (Lipinski definition) is 1. The molecule has 20 heavy (non-hydrogen) atoms. The second-order valence-corrected chi connectivity index (χ2v) is 5.91. The van der Waals surface area contributed by atoms with Crippen molar-refractivity contribution in [2.45, 2.75) is 46.1 Å². The van der Waals surface area contributed by atoms with Crippen LogP contribution in [-0.2, 0) is 21.5 Å². The van der Waals surface area contributed by atoms with Gasteiger partial charge in [-0.15, -0.1) is 0 Å².